The van der Waals surface area contributed by atoms with E-state index in [1.165, 1.54) is 25.7 Å². The minimum atomic E-state index is -0.469. The summed E-state index contributed by atoms with van der Waals surface area (Å²) in [4.78, 5) is 2.55. The van der Waals surface area contributed by atoms with Crippen LogP contribution in [0, 0.1) is 0 Å². The summed E-state index contributed by atoms with van der Waals surface area (Å²) >= 11 is 0. The predicted molar refractivity (Wildman–Crippen MR) is 152 cm³/mol. The van der Waals surface area contributed by atoms with Gasteiger partial charge in [-0.3, -0.25) is 4.90 Å². The van der Waals surface area contributed by atoms with Gasteiger partial charge < -0.3 is 20.3 Å². The Bertz CT molecular complexity index is 1190. The first-order chi connectivity index (χ1) is 18.7. The molecule has 3 N–H and O–H groups in total. The third-order valence-electron chi connectivity index (χ3n) is 7.91. The summed E-state index contributed by atoms with van der Waals surface area (Å²) in [5, 5.41) is 9.51. The van der Waals surface area contributed by atoms with Gasteiger partial charge in [0.2, 0.25) is 0 Å². The van der Waals surface area contributed by atoms with E-state index in [1.54, 1.807) is 0 Å². The second-order valence-electron chi connectivity index (χ2n) is 10.6. The van der Waals surface area contributed by atoms with Crippen molar-refractivity contribution in [1.29, 1.82) is 0 Å². The van der Waals surface area contributed by atoms with Gasteiger partial charge in [0.15, 0.2) is 6.29 Å². The van der Waals surface area contributed by atoms with Crippen LogP contribution in [0.4, 0.5) is 0 Å². The van der Waals surface area contributed by atoms with E-state index >= 15 is 0 Å². The van der Waals surface area contributed by atoms with Gasteiger partial charge in [0.25, 0.3) is 0 Å². The number of ether oxygens (including phenoxy) is 2. The Kier molecular flexibility index (Phi) is 9.05. The Morgan fingerprint density at radius 2 is 1.63 bits per heavy atom. The van der Waals surface area contributed by atoms with Crippen molar-refractivity contribution < 1.29 is 14.6 Å². The fourth-order valence-electron chi connectivity index (χ4n) is 5.85. The quantitative estimate of drug-likeness (QED) is 0.313. The number of nitrogens with zero attached hydrogens (tertiary/aromatic N) is 1. The van der Waals surface area contributed by atoms with Crippen molar-refractivity contribution in [1.82, 2.24) is 4.90 Å². The number of hydrogen-bond donors (Lipinski definition) is 2. The molecule has 2 fully saturated rings. The molecule has 0 spiro atoms. The lowest BCUT2D eigenvalue weighted by molar-refractivity contribution is -0.253. The molecule has 1 saturated carbocycles. The van der Waals surface area contributed by atoms with Crippen molar-refractivity contribution in [2.24, 2.45) is 5.73 Å². The summed E-state index contributed by atoms with van der Waals surface area (Å²) in [5.74, 6) is 0. The highest BCUT2D eigenvalue weighted by atomic mass is 16.7. The largest absolute Gasteiger partial charge is 0.392 e. The lowest BCUT2D eigenvalue weighted by Crippen LogP contribution is -2.43. The molecule has 3 aromatic rings. The van der Waals surface area contributed by atoms with Crippen LogP contribution < -0.4 is 5.73 Å². The Balaban J connectivity index is 1.42. The van der Waals surface area contributed by atoms with Gasteiger partial charge in [-0.25, -0.2) is 0 Å². The summed E-state index contributed by atoms with van der Waals surface area (Å²) in [6, 6.07) is 25.5. The number of aliphatic hydroxyl groups is 1. The zero-order valence-corrected chi connectivity index (χ0v) is 22.2. The molecular formula is C33H40N2O3. The molecule has 1 aliphatic carbocycles. The van der Waals surface area contributed by atoms with E-state index in [1.807, 2.05) is 18.2 Å². The molecule has 5 nitrogen and oxygen atoms in total. The molecule has 1 heterocycles. The van der Waals surface area contributed by atoms with Crippen LogP contribution in [0.25, 0.3) is 11.1 Å². The van der Waals surface area contributed by atoms with Gasteiger partial charge in [0.1, 0.15) is 0 Å². The highest BCUT2D eigenvalue weighted by molar-refractivity contribution is 5.65. The molecule has 0 aromatic heterocycles. The van der Waals surface area contributed by atoms with Crippen LogP contribution in [0.15, 0.2) is 85.5 Å². The number of hydrogen-bond acceptors (Lipinski definition) is 5. The molecule has 0 unspecified atom stereocenters. The third-order valence-corrected chi connectivity index (χ3v) is 7.91. The minimum Gasteiger partial charge on any atom is -0.392 e. The van der Waals surface area contributed by atoms with E-state index in [0.29, 0.717) is 12.6 Å². The molecule has 0 radical (unpaired) electrons. The normalized spacial score (nSPS) is 22.1. The zero-order chi connectivity index (χ0) is 26.3. The van der Waals surface area contributed by atoms with Crippen molar-refractivity contribution in [3.05, 3.63) is 108 Å². The number of aliphatic hydroxyl groups excluding tert-OH is 1. The maximum atomic E-state index is 9.51. The first-order valence-electron chi connectivity index (χ1n) is 13.9. The van der Waals surface area contributed by atoms with Gasteiger partial charge in [-0.15, -0.1) is 6.58 Å². The molecular weight excluding hydrogens is 472 g/mol. The number of benzene rings is 3. The van der Waals surface area contributed by atoms with Gasteiger partial charge in [-0.1, -0.05) is 79.6 Å². The molecule has 1 saturated heterocycles. The van der Waals surface area contributed by atoms with Crippen LogP contribution in [0.2, 0.25) is 0 Å². The molecule has 200 valence electrons. The van der Waals surface area contributed by atoms with Crippen LogP contribution >= 0.6 is 0 Å². The second kappa shape index (κ2) is 12.8. The van der Waals surface area contributed by atoms with Gasteiger partial charge in [0.05, 0.1) is 18.8 Å². The highest BCUT2D eigenvalue weighted by Crippen LogP contribution is 2.39. The van der Waals surface area contributed by atoms with E-state index in [9.17, 15) is 5.11 Å². The van der Waals surface area contributed by atoms with E-state index in [4.69, 9.17) is 15.2 Å². The van der Waals surface area contributed by atoms with Gasteiger partial charge in [-0.2, -0.15) is 0 Å². The van der Waals surface area contributed by atoms with Gasteiger partial charge >= 0.3 is 0 Å². The maximum Gasteiger partial charge on any atom is 0.184 e. The fraction of sp³-hybridized carbons (Fsp3) is 0.394. The van der Waals surface area contributed by atoms with E-state index in [0.717, 1.165) is 52.9 Å². The van der Waals surface area contributed by atoms with Crippen molar-refractivity contribution >= 4 is 0 Å². The Hall–Kier alpha value is -2.80. The van der Waals surface area contributed by atoms with Crippen LogP contribution in [-0.4, -0.2) is 35.2 Å². The summed E-state index contributed by atoms with van der Waals surface area (Å²) in [7, 11) is 0. The average Bonchev–Trinajstić information content (AvgIpc) is 3.52. The zero-order valence-electron chi connectivity index (χ0n) is 22.2. The minimum absolute atomic E-state index is 0.0287. The van der Waals surface area contributed by atoms with Crippen LogP contribution in [0.5, 0.6) is 0 Å². The summed E-state index contributed by atoms with van der Waals surface area (Å²) in [5.41, 5.74) is 12.3. The molecule has 5 heteroatoms. The first kappa shape index (κ1) is 26.8. The maximum absolute atomic E-state index is 9.51. The predicted octanol–water partition coefficient (Wildman–Crippen LogP) is 6.28. The topological polar surface area (TPSA) is 68.0 Å². The summed E-state index contributed by atoms with van der Waals surface area (Å²) < 4.78 is 13.3. The molecule has 2 aliphatic rings. The molecule has 3 atom stereocenters. The van der Waals surface area contributed by atoms with E-state index < -0.39 is 6.29 Å². The molecule has 38 heavy (non-hydrogen) atoms. The van der Waals surface area contributed by atoms with Crippen LogP contribution in [0.1, 0.15) is 66.8 Å². The van der Waals surface area contributed by atoms with E-state index in [-0.39, 0.29) is 18.8 Å². The standard InChI is InChI=1S/C33H40N2O3/c1-2-17-35(30-11-3-4-12-30)22-31-20-32(26-15-13-24(23-36)14-16-26)38-33(37-31)29-10-6-9-28(19-29)27-8-5-7-25(18-27)21-34/h2,5-10,13-16,18-19,30-33,36H,1,3-4,11-12,17,20-23,34H2/t31-,32+,33+/m1/s1. The molecule has 1 aliphatic heterocycles. The monoisotopic (exact) mass is 512 g/mol. The summed E-state index contributed by atoms with van der Waals surface area (Å²) in [6.07, 6.45) is 7.36. The van der Waals surface area contributed by atoms with Crippen molar-refractivity contribution in [2.45, 2.75) is 69.8 Å². The molecule has 0 bridgehead atoms. The van der Waals surface area contributed by atoms with Crippen molar-refractivity contribution in [2.75, 3.05) is 13.1 Å². The van der Waals surface area contributed by atoms with Crippen molar-refractivity contribution in [3.8, 4) is 11.1 Å². The average molecular weight is 513 g/mol. The van der Waals surface area contributed by atoms with Gasteiger partial charge in [-0.05, 0) is 52.8 Å². The van der Waals surface area contributed by atoms with Gasteiger partial charge in [0, 0.05) is 37.7 Å². The molecule has 3 aromatic carbocycles. The fourth-order valence-corrected chi connectivity index (χ4v) is 5.85. The molecule has 0 amide bonds. The smallest absolute Gasteiger partial charge is 0.184 e. The molecule has 5 rings (SSSR count). The number of rotatable bonds is 10. The number of nitrogens with two attached hydrogens (primary N) is 1. The lowest BCUT2D eigenvalue weighted by Gasteiger charge is -2.39. The highest BCUT2D eigenvalue weighted by Gasteiger charge is 2.34. The first-order valence-corrected chi connectivity index (χ1v) is 13.9. The Morgan fingerprint density at radius 1 is 0.895 bits per heavy atom. The Labute approximate surface area is 226 Å². The third kappa shape index (κ3) is 6.42. The van der Waals surface area contributed by atoms with Crippen LogP contribution in [-0.2, 0) is 22.6 Å². The van der Waals surface area contributed by atoms with Crippen LogP contribution in [0.3, 0.4) is 0 Å². The SMILES string of the molecule is C=CCN(C[C@H]1C[C@@H](c2ccc(CO)cc2)O[C@@H](c2cccc(-c3cccc(CN)c3)c2)O1)C1CCCC1. The lowest BCUT2D eigenvalue weighted by atomic mass is 9.98. The second-order valence-corrected chi connectivity index (χ2v) is 10.6. The van der Waals surface area contributed by atoms with Crippen molar-refractivity contribution in [3.63, 3.8) is 0 Å². The van der Waals surface area contributed by atoms with E-state index in [2.05, 4.69) is 72.1 Å². The Morgan fingerprint density at radius 3 is 2.34 bits per heavy atom. The summed E-state index contributed by atoms with van der Waals surface area (Å²) in [6.45, 7) is 6.31.